The topological polar surface area (TPSA) is 108 Å². The molecule has 1 aliphatic carbocycles. The summed E-state index contributed by atoms with van der Waals surface area (Å²) < 4.78 is 12.3. The Bertz CT molecular complexity index is 1270. The van der Waals surface area contributed by atoms with Gasteiger partial charge in [-0.3, -0.25) is 0 Å². The summed E-state index contributed by atoms with van der Waals surface area (Å²) in [4.78, 5) is 28.6. The van der Waals surface area contributed by atoms with Crippen molar-refractivity contribution in [2.45, 2.75) is 52.4 Å². The van der Waals surface area contributed by atoms with Crippen LogP contribution < -0.4 is 34.4 Å². The Kier molecular flexibility index (Phi) is 12.1. The van der Waals surface area contributed by atoms with E-state index in [4.69, 9.17) is 9.47 Å². The number of carbonyl (C=O) groups is 2. The van der Waals surface area contributed by atoms with Crippen LogP contribution >= 0.6 is 0 Å². The third-order valence-corrected chi connectivity index (χ3v) is 7.25. The van der Waals surface area contributed by atoms with Crippen molar-refractivity contribution < 1.29 is 29.3 Å². The van der Waals surface area contributed by atoms with Crippen molar-refractivity contribution in [2.24, 2.45) is 0 Å². The number of aliphatic carboxylic acids is 2. The van der Waals surface area contributed by atoms with E-state index in [0.717, 1.165) is 59.9 Å². The van der Waals surface area contributed by atoms with Crippen LogP contribution in [0.4, 0.5) is 17.1 Å². The number of ether oxygens (including phenoxy) is 2. The van der Waals surface area contributed by atoms with Crippen LogP contribution in [0.1, 0.15) is 57.1 Å². The number of carboxylic acid groups (broad SMARTS) is 2. The molecule has 0 spiro atoms. The van der Waals surface area contributed by atoms with Gasteiger partial charge in [-0.15, -0.1) is 0 Å². The van der Waals surface area contributed by atoms with E-state index in [2.05, 4.69) is 47.9 Å². The second-order valence-electron chi connectivity index (χ2n) is 10.5. The lowest BCUT2D eigenvalue weighted by Gasteiger charge is -2.30. The van der Waals surface area contributed by atoms with Gasteiger partial charge in [-0.25, -0.2) is 0 Å². The first-order valence-electron chi connectivity index (χ1n) is 14.6. The molecular formula is C33H43N3O6-2. The molecule has 0 saturated heterocycles. The first-order chi connectivity index (χ1) is 20.2. The van der Waals surface area contributed by atoms with Gasteiger partial charge in [-0.05, 0) is 43.5 Å². The Hall–Kier alpha value is -4.14. The molecule has 0 N–H and O–H groups in total. The molecule has 0 radical (unpaired) electrons. The molecule has 2 aromatic carbocycles. The lowest BCUT2D eigenvalue weighted by atomic mass is 10.00. The largest absolute Gasteiger partial charge is 0.550 e. The number of carboxylic acids is 2. The summed E-state index contributed by atoms with van der Waals surface area (Å²) in [6.45, 7) is 6.35. The van der Waals surface area contributed by atoms with Crippen molar-refractivity contribution in [3.05, 3.63) is 65.4 Å². The molecule has 3 rings (SSSR count). The van der Waals surface area contributed by atoms with E-state index >= 15 is 0 Å². The summed E-state index contributed by atoms with van der Waals surface area (Å²) in [6, 6.07) is 9.95. The second kappa shape index (κ2) is 15.7. The molecule has 0 fully saturated rings. The summed E-state index contributed by atoms with van der Waals surface area (Å²) in [6.07, 6.45) is 8.72. The van der Waals surface area contributed by atoms with Gasteiger partial charge in [0, 0.05) is 101 Å². The monoisotopic (exact) mass is 577 g/mol. The highest BCUT2D eigenvalue weighted by molar-refractivity contribution is 5.75. The summed E-state index contributed by atoms with van der Waals surface area (Å²) in [7, 11) is 5.75. The highest BCUT2D eigenvalue weighted by Crippen LogP contribution is 2.39. The van der Waals surface area contributed by atoms with Crippen LogP contribution in [0.25, 0.3) is 0 Å². The van der Waals surface area contributed by atoms with Crippen molar-refractivity contribution >= 4 is 29.0 Å². The molecule has 0 aliphatic heterocycles. The van der Waals surface area contributed by atoms with Crippen molar-refractivity contribution in [3.8, 4) is 11.5 Å². The molecule has 0 heterocycles. The summed E-state index contributed by atoms with van der Waals surface area (Å²) in [5.41, 5.74) is 4.80. The summed E-state index contributed by atoms with van der Waals surface area (Å²) >= 11 is 0. The number of hydrogen-bond donors (Lipinski definition) is 0. The Morgan fingerprint density at radius 3 is 2.12 bits per heavy atom. The molecule has 42 heavy (non-hydrogen) atoms. The van der Waals surface area contributed by atoms with E-state index in [1.54, 1.807) is 12.0 Å². The van der Waals surface area contributed by atoms with Gasteiger partial charge in [0.25, 0.3) is 0 Å². The molecule has 9 heteroatoms. The van der Waals surface area contributed by atoms with E-state index in [0.29, 0.717) is 24.3 Å². The number of benzene rings is 2. The van der Waals surface area contributed by atoms with Crippen LogP contribution in [0, 0.1) is 0 Å². The fraction of sp³-hybridized carbons (Fsp3) is 0.455. The predicted molar refractivity (Wildman–Crippen MR) is 163 cm³/mol. The number of nitrogens with zero attached hydrogens (tertiary/aromatic N) is 3. The molecule has 2 aromatic rings. The number of methoxy groups -OCH3 is 1. The second-order valence-corrected chi connectivity index (χ2v) is 10.5. The summed E-state index contributed by atoms with van der Waals surface area (Å²) in [5, 5.41) is 22.4. The third-order valence-electron chi connectivity index (χ3n) is 7.25. The van der Waals surface area contributed by atoms with Crippen LogP contribution in [0.5, 0.6) is 11.5 Å². The van der Waals surface area contributed by atoms with Crippen LogP contribution in [0.15, 0.2) is 54.3 Å². The van der Waals surface area contributed by atoms with E-state index < -0.39 is 11.9 Å². The minimum Gasteiger partial charge on any atom is -0.550 e. The standard InChI is InChI=1S/C33H45N3O6/c1-6-17-35(7-2)29-23-30(41-5)25(21-28(29)34(3)4)20-24-13-14-26(22-31(24)42-27-11-9-8-10-12-27)36(18-15-32(37)38)19-16-33(39)40/h8-9,12-14,21-23H,6-7,10-11,15-20H2,1-5H3,(H,37,38)(H,39,40)/p-2. The van der Waals surface area contributed by atoms with Gasteiger partial charge in [-0.2, -0.15) is 0 Å². The maximum atomic E-state index is 11.2. The van der Waals surface area contributed by atoms with Crippen molar-refractivity contribution in [2.75, 3.05) is 62.1 Å². The van der Waals surface area contributed by atoms with Gasteiger partial charge < -0.3 is 44.0 Å². The van der Waals surface area contributed by atoms with Crippen molar-refractivity contribution in [1.29, 1.82) is 0 Å². The van der Waals surface area contributed by atoms with E-state index in [-0.39, 0.29) is 25.9 Å². The highest BCUT2D eigenvalue weighted by atomic mass is 16.5. The zero-order chi connectivity index (χ0) is 30.6. The highest BCUT2D eigenvalue weighted by Gasteiger charge is 2.19. The Morgan fingerprint density at radius 2 is 1.57 bits per heavy atom. The van der Waals surface area contributed by atoms with Crippen molar-refractivity contribution in [3.63, 3.8) is 0 Å². The molecule has 228 valence electrons. The molecule has 1 aliphatic rings. The molecular weight excluding hydrogens is 534 g/mol. The molecule has 0 amide bonds. The lowest BCUT2D eigenvalue weighted by Crippen LogP contribution is -2.35. The predicted octanol–water partition coefficient (Wildman–Crippen LogP) is 3.29. The first-order valence-corrected chi connectivity index (χ1v) is 14.6. The molecule has 0 unspecified atom stereocenters. The van der Waals surface area contributed by atoms with Gasteiger partial charge in [0.05, 0.1) is 18.5 Å². The van der Waals surface area contributed by atoms with Crippen LogP contribution in [0.2, 0.25) is 0 Å². The zero-order valence-electron chi connectivity index (χ0n) is 25.5. The fourth-order valence-electron chi connectivity index (χ4n) is 5.07. The Balaban J connectivity index is 2.06. The summed E-state index contributed by atoms with van der Waals surface area (Å²) in [5.74, 6) is -0.174. The molecule has 9 nitrogen and oxygen atoms in total. The number of allylic oxidation sites excluding steroid dienone is 3. The maximum absolute atomic E-state index is 11.2. The van der Waals surface area contributed by atoms with E-state index in [1.165, 1.54) is 0 Å². The van der Waals surface area contributed by atoms with Crippen molar-refractivity contribution in [1.82, 2.24) is 0 Å². The molecule has 0 bridgehead atoms. The third kappa shape index (κ3) is 8.93. The fourth-order valence-corrected chi connectivity index (χ4v) is 5.07. The quantitative estimate of drug-likeness (QED) is 0.262. The Labute approximate surface area is 249 Å². The lowest BCUT2D eigenvalue weighted by molar-refractivity contribution is -0.306. The molecule has 0 saturated carbocycles. The average Bonchev–Trinajstić information content (AvgIpc) is 2.97. The van der Waals surface area contributed by atoms with Crippen LogP contribution in [-0.4, -0.2) is 59.3 Å². The molecule has 0 atom stereocenters. The number of carbonyl (C=O) groups excluding carboxylic acids is 2. The SMILES string of the molecule is CCCN(CC)c1cc(OC)c(Cc2ccc(N(CCC(=O)[O-])CCC(=O)[O-])cc2OC2=CCC=CC2)cc1N(C)C. The molecule has 0 aromatic heterocycles. The first kappa shape index (κ1) is 32.4. The van der Waals surface area contributed by atoms with Gasteiger partial charge in [0.1, 0.15) is 17.3 Å². The van der Waals surface area contributed by atoms with Crippen LogP contribution in [0.3, 0.4) is 0 Å². The van der Waals surface area contributed by atoms with E-state index in [1.807, 2.05) is 38.4 Å². The maximum Gasteiger partial charge on any atom is 0.132 e. The minimum absolute atomic E-state index is 0.104. The van der Waals surface area contributed by atoms with Gasteiger partial charge in [0.15, 0.2) is 0 Å². The zero-order valence-corrected chi connectivity index (χ0v) is 25.5. The number of anilines is 3. The number of rotatable bonds is 17. The van der Waals surface area contributed by atoms with Crippen LogP contribution in [-0.2, 0) is 16.0 Å². The van der Waals surface area contributed by atoms with Gasteiger partial charge in [-0.1, -0.05) is 25.1 Å². The average molecular weight is 578 g/mol. The van der Waals surface area contributed by atoms with Gasteiger partial charge in [0.2, 0.25) is 0 Å². The number of hydrogen-bond acceptors (Lipinski definition) is 9. The van der Waals surface area contributed by atoms with E-state index in [9.17, 15) is 19.8 Å². The minimum atomic E-state index is -1.20. The normalized spacial score (nSPS) is 12.5. The Morgan fingerprint density at radius 1 is 0.857 bits per heavy atom. The van der Waals surface area contributed by atoms with Gasteiger partial charge >= 0.3 is 0 Å². The smallest absolute Gasteiger partial charge is 0.132 e.